The molecule has 3 rings (SSSR count). The van der Waals surface area contributed by atoms with E-state index in [1.165, 1.54) is 64.7 Å². The second kappa shape index (κ2) is 5.91. The molecule has 22 heavy (non-hydrogen) atoms. The lowest BCUT2D eigenvalue weighted by molar-refractivity contribution is 0.453. The second-order valence-corrected chi connectivity index (χ2v) is 7.58. The first kappa shape index (κ1) is 15.3. The number of hydrogen-bond acceptors (Lipinski definition) is 0. The average Bonchev–Trinajstić information content (AvgIpc) is 2.85. The van der Waals surface area contributed by atoms with Crippen molar-refractivity contribution < 1.29 is 0 Å². The molecule has 0 aliphatic heterocycles. The fraction of sp³-hybridized carbons (Fsp3) is 0.455. The second-order valence-electron chi connectivity index (χ2n) is 7.58. The third-order valence-electron chi connectivity index (χ3n) is 5.27. The molecule has 2 unspecified atom stereocenters. The van der Waals surface area contributed by atoms with Gasteiger partial charge in [-0.1, -0.05) is 49.4 Å². The lowest BCUT2D eigenvalue weighted by Gasteiger charge is -2.32. The van der Waals surface area contributed by atoms with E-state index in [0.29, 0.717) is 0 Å². The van der Waals surface area contributed by atoms with Crippen LogP contribution in [0.4, 0.5) is 0 Å². The Kier molecular flexibility index (Phi) is 4.12. The SMILES string of the molecule is C=C(C)Cc1cc(CC(=C)C)c2c(c1)CC1CCCC1C2=C. The highest BCUT2D eigenvalue weighted by molar-refractivity contribution is 5.74. The van der Waals surface area contributed by atoms with E-state index in [1.54, 1.807) is 0 Å². The van der Waals surface area contributed by atoms with E-state index in [2.05, 4.69) is 45.7 Å². The largest absolute Gasteiger partial charge is 0.0998 e. The first-order valence-electron chi connectivity index (χ1n) is 8.58. The zero-order chi connectivity index (χ0) is 15.9. The number of benzene rings is 1. The molecule has 0 radical (unpaired) electrons. The lowest BCUT2D eigenvalue weighted by Crippen LogP contribution is -2.21. The van der Waals surface area contributed by atoms with Crippen LogP contribution in [-0.2, 0) is 19.3 Å². The molecule has 116 valence electrons. The van der Waals surface area contributed by atoms with Gasteiger partial charge in [-0.05, 0) is 85.6 Å². The molecule has 0 heteroatoms. The van der Waals surface area contributed by atoms with Gasteiger partial charge in [0.2, 0.25) is 0 Å². The summed E-state index contributed by atoms with van der Waals surface area (Å²) in [6.45, 7) is 17.0. The minimum Gasteiger partial charge on any atom is -0.0998 e. The molecule has 0 N–H and O–H groups in total. The van der Waals surface area contributed by atoms with Gasteiger partial charge in [0.25, 0.3) is 0 Å². The van der Waals surface area contributed by atoms with Gasteiger partial charge in [0.05, 0.1) is 0 Å². The van der Waals surface area contributed by atoms with Gasteiger partial charge in [0.1, 0.15) is 0 Å². The summed E-state index contributed by atoms with van der Waals surface area (Å²) < 4.78 is 0. The first-order chi connectivity index (χ1) is 10.5. The molecule has 0 aromatic heterocycles. The van der Waals surface area contributed by atoms with E-state index in [4.69, 9.17) is 0 Å². The van der Waals surface area contributed by atoms with Crippen LogP contribution < -0.4 is 0 Å². The molecular weight excluding hydrogens is 264 g/mol. The van der Waals surface area contributed by atoms with E-state index in [9.17, 15) is 0 Å². The summed E-state index contributed by atoms with van der Waals surface area (Å²) in [4.78, 5) is 0. The molecule has 2 aliphatic carbocycles. The molecule has 1 fully saturated rings. The van der Waals surface area contributed by atoms with Crippen molar-refractivity contribution in [1.82, 2.24) is 0 Å². The molecule has 2 aliphatic rings. The summed E-state index contributed by atoms with van der Waals surface area (Å²) in [5.74, 6) is 1.56. The highest BCUT2D eigenvalue weighted by Crippen LogP contribution is 2.48. The van der Waals surface area contributed by atoms with Gasteiger partial charge >= 0.3 is 0 Å². The van der Waals surface area contributed by atoms with Gasteiger partial charge in [-0.2, -0.15) is 0 Å². The van der Waals surface area contributed by atoms with Gasteiger partial charge in [-0.15, -0.1) is 0 Å². The Balaban J connectivity index is 2.08. The van der Waals surface area contributed by atoms with Gasteiger partial charge in [0, 0.05) is 0 Å². The normalized spacial score (nSPS) is 23.1. The van der Waals surface area contributed by atoms with Crippen molar-refractivity contribution in [2.45, 2.75) is 52.4 Å². The molecule has 0 bridgehead atoms. The van der Waals surface area contributed by atoms with Gasteiger partial charge < -0.3 is 0 Å². The van der Waals surface area contributed by atoms with E-state index in [0.717, 1.165) is 24.7 Å². The Morgan fingerprint density at radius 1 is 1.09 bits per heavy atom. The Bertz CT molecular complexity index is 644. The monoisotopic (exact) mass is 292 g/mol. The quantitative estimate of drug-likeness (QED) is 0.605. The van der Waals surface area contributed by atoms with Gasteiger partial charge in [-0.3, -0.25) is 0 Å². The third-order valence-corrected chi connectivity index (χ3v) is 5.27. The van der Waals surface area contributed by atoms with Crippen LogP contribution in [0.2, 0.25) is 0 Å². The highest BCUT2D eigenvalue weighted by Gasteiger charge is 2.35. The Morgan fingerprint density at radius 3 is 2.50 bits per heavy atom. The van der Waals surface area contributed by atoms with Crippen molar-refractivity contribution in [3.63, 3.8) is 0 Å². The van der Waals surface area contributed by atoms with E-state index >= 15 is 0 Å². The molecule has 0 nitrogen and oxygen atoms in total. The van der Waals surface area contributed by atoms with Crippen LogP contribution >= 0.6 is 0 Å². The summed E-state index contributed by atoms with van der Waals surface area (Å²) in [7, 11) is 0. The van der Waals surface area contributed by atoms with Crippen LogP contribution in [-0.4, -0.2) is 0 Å². The zero-order valence-electron chi connectivity index (χ0n) is 14.2. The predicted molar refractivity (Wildman–Crippen MR) is 97.0 cm³/mol. The summed E-state index contributed by atoms with van der Waals surface area (Å²) >= 11 is 0. The minimum absolute atomic E-state index is 0.725. The maximum Gasteiger partial charge on any atom is -0.00663 e. The topological polar surface area (TPSA) is 0 Å². The van der Waals surface area contributed by atoms with Gasteiger partial charge in [-0.25, -0.2) is 0 Å². The maximum atomic E-state index is 4.51. The van der Waals surface area contributed by atoms with Crippen molar-refractivity contribution >= 4 is 5.57 Å². The first-order valence-corrected chi connectivity index (χ1v) is 8.58. The fourth-order valence-corrected chi connectivity index (χ4v) is 4.54. The summed E-state index contributed by atoms with van der Waals surface area (Å²) in [6, 6.07) is 4.80. The minimum atomic E-state index is 0.725. The van der Waals surface area contributed by atoms with Crippen molar-refractivity contribution in [3.8, 4) is 0 Å². The third kappa shape index (κ3) is 2.84. The summed E-state index contributed by atoms with van der Waals surface area (Å²) in [5, 5.41) is 0. The van der Waals surface area contributed by atoms with Crippen LogP contribution in [0.15, 0.2) is 43.0 Å². The molecule has 0 saturated heterocycles. The van der Waals surface area contributed by atoms with Crippen molar-refractivity contribution in [3.05, 3.63) is 65.3 Å². The Morgan fingerprint density at radius 2 is 1.82 bits per heavy atom. The highest BCUT2D eigenvalue weighted by atomic mass is 14.4. The zero-order valence-corrected chi connectivity index (χ0v) is 14.2. The van der Waals surface area contributed by atoms with E-state index < -0.39 is 0 Å². The van der Waals surface area contributed by atoms with Crippen LogP contribution in [0, 0.1) is 11.8 Å². The van der Waals surface area contributed by atoms with Crippen LogP contribution in [0.3, 0.4) is 0 Å². The molecule has 0 heterocycles. The van der Waals surface area contributed by atoms with Crippen LogP contribution in [0.5, 0.6) is 0 Å². The maximum absolute atomic E-state index is 4.51. The lowest BCUT2D eigenvalue weighted by atomic mass is 9.72. The number of fused-ring (bicyclic) bond motifs is 2. The van der Waals surface area contributed by atoms with Crippen LogP contribution in [0.25, 0.3) is 5.57 Å². The standard InChI is InChI=1S/C22H28/c1-14(2)9-17-11-19(10-15(3)4)22-16(5)21-8-6-7-18(21)13-20(22)12-17/h11-12,18,21H,1,3,5-10,13H2,2,4H3. The molecule has 1 saturated carbocycles. The number of hydrogen-bond donors (Lipinski definition) is 0. The average molecular weight is 292 g/mol. The predicted octanol–water partition coefficient (Wildman–Crippen LogP) is 5.91. The van der Waals surface area contributed by atoms with Crippen molar-refractivity contribution in [2.24, 2.45) is 11.8 Å². The number of allylic oxidation sites excluding steroid dienone is 3. The molecule has 1 aromatic carbocycles. The van der Waals surface area contributed by atoms with Crippen LogP contribution in [0.1, 0.15) is 55.4 Å². The fourth-order valence-electron chi connectivity index (χ4n) is 4.54. The van der Waals surface area contributed by atoms with Crippen molar-refractivity contribution in [2.75, 3.05) is 0 Å². The molecule has 0 amide bonds. The summed E-state index contributed by atoms with van der Waals surface area (Å²) in [5.41, 5.74) is 9.72. The van der Waals surface area contributed by atoms with E-state index in [-0.39, 0.29) is 0 Å². The van der Waals surface area contributed by atoms with Gasteiger partial charge in [0.15, 0.2) is 0 Å². The van der Waals surface area contributed by atoms with Crippen molar-refractivity contribution in [1.29, 1.82) is 0 Å². The Hall–Kier alpha value is -1.56. The summed E-state index contributed by atoms with van der Waals surface area (Å²) in [6.07, 6.45) is 7.29. The molecule has 2 atom stereocenters. The molecule has 0 spiro atoms. The molecule has 1 aromatic rings. The smallest absolute Gasteiger partial charge is 0.00663 e. The molecular formula is C22H28. The van der Waals surface area contributed by atoms with E-state index in [1.807, 2.05) is 0 Å². The number of rotatable bonds is 4. The Labute approximate surface area is 135 Å².